The molecule has 1 aromatic heterocycles. The third-order valence-electron chi connectivity index (χ3n) is 3.50. The third kappa shape index (κ3) is 3.37. The molecule has 0 aliphatic carbocycles. The summed E-state index contributed by atoms with van der Waals surface area (Å²) in [4.78, 5) is 22.1. The van der Waals surface area contributed by atoms with Crippen LogP contribution in [0.3, 0.4) is 0 Å². The Morgan fingerprint density at radius 1 is 1.08 bits per heavy atom. The van der Waals surface area contributed by atoms with Crippen LogP contribution in [0.4, 0.5) is 11.4 Å². The van der Waals surface area contributed by atoms with Crippen molar-refractivity contribution in [3.8, 4) is 5.88 Å². The molecule has 8 nitrogen and oxygen atoms in total. The summed E-state index contributed by atoms with van der Waals surface area (Å²) in [7, 11) is 0. The Balaban J connectivity index is 0.000000173. The molecule has 0 fully saturated rings. The number of hydrogen-bond donors (Lipinski definition) is 3. The quantitative estimate of drug-likeness (QED) is 0.256. The summed E-state index contributed by atoms with van der Waals surface area (Å²) in [6, 6.07) is 14.2. The standard InChI is InChI=1S/2C8H6N2O2.Cu/c2*11-8-7(10-12)5-3-1-2-4-6(5)9-8;/h1-4,12H,(H,9,10,11);1-4,9,11H;. The molecule has 1 aliphatic heterocycles. The second-order valence-corrected chi connectivity index (χ2v) is 4.92. The number of anilines is 1. The van der Waals surface area contributed by atoms with Crippen LogP contribution in [0, 0.1) is 10.1 Å². The minimum atomic E-state index is -0.175. The van der Waals surface area contributed by atoms with E-state index in [9.17, 15) is 20.0 Å². The van der Waals surface area contributed by atoms with Crippen LogP contribution in [-0.4, -0.2) is 26.5 Å². The van der Waals surface area contributed by atoms with Crippen molar-refractivity contribution in [1.82, 2.24) is 4.98 Å². The summed E-state index contributed by atoms with van der Waals surface area (Å²) in [5.74, 6) is -0.350. The number of aromatic amines is 1. The second-order valence-electron chi connectivity index (χ2n) is 4.92. The van der Waals surface area contributed by atoms with Crippen LogP contribution in [0.1, 0.15) is 5.56 Å². The molecule has 0 saturated carbocycles. The van der Waals surface area contributed by atoms with Crippen molar-refractivity contribution in [1.29, 1.82) is 0 Å². The number of H-pyrrole nitrogens is 1. The topological polar surface area (TPSA) is 134 Å². The molecule has 0 saturated heterocycles. The van der Waals surface area contributed by atoms with Crippen LogP contribution in [0.5, 0.6) is 5.88 Å². The molecule has 0 bridgehead atoms. The number of fused-ring (bicyclic) bond motifs is 2. The van der Waals surface area contributed by atoms with Crippen molar-refractivity contribution in [3.05, 3.63) is 64.2 Å². The van der Waals surface area contributed by atoms with Gasteiger partial charge in [0.25, 0.3) is 0 Å². The zero-order valence-electron chi connectivity index (χ0n) is 12.5. The predicted octanol–water partition coefficient (Wildman–Crippen LogP) is 3.17. The van der Waals surface area contributed by atoms with E-state index < -0.39 is 0 Å². The molecule has 4 rings (SSSR count). The van der Waals surface area contributed by atoms with Crippen molar-refractivity contribution in [3.63, 3.8) is 0 Å². The normalized spacial score (nSPS) is 13.4. The number of amides is 1. The van der Waals surface area contributed by atoms with Gasteiger partial charge in [0.15, 0.2) is 11.4 Å². The van der Waals surface area contributed by atoms with Gasteiger partial charge in [-0.3, -0.25) is 10.1 Å². The Hall–Kier alpha value is -3.16. The maximum Gasteiger partial charge on any atom is 0.444 e. The van der Waals surface area contributed by atoms with E-state index in [1.165, 1.54) is 0 Å². The third-order valence-corrected chi connectivity index (χ3v) is 3.50. The van der Waals surface area contributed by atoms with Gasteiger partial charge in [-0.1, -0.05) is 36.4 Å². The van der Waals surface area contributed by atoms with Crippen LogP contribution in [0.15, 0.2) is 58.9 Å². The summed E-state index contributed by atoms with van der Waals surface area (Å²) in [5, 5.41) is 28.2. The van der Waals surface area contributed by atoms with Gasteiger partial charge in [-0.2, -0.15) is 0 Å². The van der Waals surface area contributed by atoms with Crippen molar-refractivity contribution < 1.29 is 27.0 Å². The Labute approximate surface area is 152 Å². The van der Waals surface area contributed by atoms with Crippen molar-refractivity contribution >= 4 is 33.9 Å². The molecule has 4 N–H and O–H groups in total. The molecule has 1 aliphatic rings. The van der Waals surface area contributed by atoms with E-state index in [2.05, 4.69) is 20.6 Å². The van der Waals surface area contributed by atoms with Gasteiger partial charge in [-0.15, -0.1) is 4.91 Å². The van der Waals surface area contributed by atoms with E-state index in [-0.39, 0.29) is 40.3 Å². The van der Waals surface area contributed by atoms with Gasteiger partial charge in [0.05, 0.1) is 11.2 Å². The minimum Gasteiger partial charge on any atom is -0.791 e. The SMILES string of the molecule is O=Nc1c(O)[nH]c2ccccc12.[Cu].[O-]/N=C1/C(=[OH+])Nc2ccccc21. The largest absolute Gasteiger partial charge is 0.791 e. The number of benzene rings is 2. The fraction of sp³-hybridized carbons (Fsp3) is 0. The fourth-order valence-corrected chi connectivity index (χ4v) is 2.41. The summed E-state index contributed by atoms with van der Waals surface area (Å²) >= 11 is 0. The van der Waals surface area contributed by atoms with Crippen molar-refractivity contribution in [2.45, 2.75) is 0 Å². The summed E-state index contributed by atoms with van der Waals surface area (Å²) in [6.45, 7) is 0. The van der Waals surface area contributed by atoms with Crippen molar-refractivity contribution in [2.24, 2.45) is 10.3 Å². The number of nitrogens with zero attached hydrogens (tertiary/aromatic N) is 2. The number of carbonyl (C=O) groups excluding carboxylic acids is 1. The zero-order valence-corrected chi connectivity index (χ0v) is 13.5. The van der Waals surface area contributed by atoms with Crippen LogP contribution in [0.2, 0.25) is 0 Å². The molecule has 0 atom stereocenters. The Morgan fingerprint density at radius 3 is 2.48 bits per heavy atom. The molecular formula is C16H12CuN4O4. The van der Waals surface area contributed by atoms with Gasteiger partial charge in [-0.05, 0) is 17.3 Å². The van der Waals surface area contributed by atoms with E-state index in [1.54, 1.807) is 36.4 Å². The molecule has 25 heavy (non-hydrogen) atoms. The molecule has 0 unspecified atom stereocenters. The van der Waals surface area contributed by atoms with Gasteiger partial charge >= 0.3 is 5.91 Å². The Morgan fingerprint density at radius 2 is 1.76 bits per heavy atom. The van der Waals surface area contributed by atoms with E-state index >= 15 is 0 Å². The van der Waals surface area contributed by atoms with Crippen LogP contribution in [0.25, 0.3) is 10.9 Å². The number of rotatable bonds is 1. The van der Waals surface area contributed by atoms with Gasteiger partial charge in [0, 0.05) is 28.0 Å². The number of para-hydroxylation sites is 2. The van der Waals surface area contributed by atoms with Gasteiger partial charge in [-0.25, -0.2) is 0 Å². The summed E-state index contributed by atoms with van der Waals surface area (Å²) in [6.07, 6.45) is 0. The molecule has 2 aromatic carbocycles. The molecule has 1 amide bonds. The van der Waals surface area contributed by atoms with Gasteiger partial charge in [0.2, 0.25) is 5.88 Å². The molecule has 3 aromatic rings. The molecule has 1 radical (unpaired) electrons. The van der Waals surface area contributed by atoms with E-state index in [1.807, 2.05) is 12.1 Å². The fourth-order valence-electron chi connectivity index (χ4n) is 2.41. The first-order valence-electron chi connectivity index (χ1n) is 6.91. The molecule has 131 valence electrons. The number of aromatic hydroxyl groups is 1. The Bertz CT molecular complexity index is 968. The number of nitroso groups, excluding NO2 is 1. The van der Waals surface area contributed by atoms with Crippen LogP contribution in [-0.2, 0) is 17.1 Å². The zero-order chi connectivity index (χ0) is 17.1. The smallest absolute Gasteiger partial charge is 0.444 e. The minimum absolute atomic E-state index is 0. The maximum atomic E-state index is 10.3. The molecule has 2 heterocycles. The monoisotopic (exact) mass is 387 g/mol. The second kappa shape index (κ2) is 7.61. The first kappa shape index (κ1) is 18.2. The maximum absolute atomic E-state index is 10.3. The molecular weight excluding hydrogens is 376 g/mol. The first-order valence-corrected chi connectivity index (χ1v) is 6.91. The van der Waals surface area contributed by atoms with Crippen molar-refractivity contribution in [2.75, 3.05) is 5.32 Å². The van der Waals surface area contributed by atoms with Crippen LogP contribution >= 0.6 is 0 Å². The average molecular weight is 388 g/mol. The number of aromatic nitrogens is 1. The summed E-state index contributed by atoms with van der Waals surface area (Å²) in [5.41, 5.74) is 2.22. The molecule has 9 heteroatoms. The summed E-state index contributed by atoms with van der Waals surface area (Å²) < 4.78 is 0. The van der Waals surface area contributed by atoms with E-state index in [0.717, 1.165) is 0 Å². The molecule has 0 spiro atoms. The van der Waals surface area contributed by atoms with E-state index in [4.69, 9.17) is 0 Å². The van der Waals surface area contributed by atoms with Gasteiger partial charge < -0.3 is 20.5 Å². The van der Waals surface area contributed by atoms with E-state index in [0.29, 0.717) is 22.2 Å². The van der Waals surface area contributed by atoms with Gasteiger partial charge in [0.1, 0.15) is 0 Å². The number of hydrogen-bond acceptors (Lipinski definition) is 5. The predicted molar refractivity (Wildman–Crippen MR) is 92.3 cm³/mol. The van der Waals surface area contributed by atoms with Crippen LogP contribution < -0.4 is 5.32 Å². The Kier molecular flexibility index (Phi) is 5.53. The average Bonchev–Trinajstić information content (AvgIpc) is 3.09. The number of nitrogens with one attached hydrogen (secondary N) is 2. The first-order chi connectivity index (χ1) is 11.7.